The molecule has 0 aromatic carbocycles. The molecule has 1 aliphatic heterocycles. The molecule has 2 heterocycles. The highest BCUT2D eigenvalue weighted by molar-refractivity contribution is 5.12. The van der Waals surface area contributed by atoms with E-state index in [9.17, 15) is 0 Å². The van der Waals surface area contributed by atoms with Crippen molar-refractivity contribution in [2.24, 2.45) is 0 Å². The maximum Gasteiger partial charge on any atom is 0.0500 e. The van der Waals surface area contributed by atoms with Gasteiger partial charge in [0.2, 0.25) is 0 Å². The maximum absolute atomic E-state index is 4.24. The fourth-order valence-corrected chi connectivity index (χ4v) is 1.82. The summed E-state index contributed by atoms with van der Waals surface area (Å²) in [5, 5.41) is 4.24. The molecule has 0 spiro atoms. The molecule has 2 nitrogen and oxygen atoms in total. The molecular weight excluding hydrogens is 124 g/mol. The maximum atomic E-state index is 4.24. The second-order valence-corrected chi connectivity index (χ2v) is 3.19. The van der Waals surface area contributed by atoms with Crippen LogP contribution in [-0.4, -0.2) is 9.78 Å². The van der Waals surface area contributed by atoms with Gasteiger partial charge in [-0.2, -0.15) is 5.10 Å². The van der Waals surface area contributed by atoms with Crippen molar-refractivity contribution in [3.05, 3.63) is 18.0 Å². The predicted octanol–water partition coefficient (Wildman–Crippen LogP) is 1.95. The standard InChI is InChI=1S/C8H12N2/c1-6-5-7(2)10-8(6)3-4-9-10/h3-4,6-7H,5H2,1-2H3/t6-,7+/m1/s1. The van der Waals surface area contributed by atoms with Gasteiger partial charge < -0.3 is 0 Å². The zero-order chi connectivity index (χ0) is 7.14. The van der Waals surface area contributed by atoms with Crippen molar-refractivity contribution < 1.29 is 0 Å². The SMILES string of the molecule is C[C@@H]1C[C@H](C)n2nccc21. The normalized spacial score (nSPS) is 30.6. The van der Waals surface area contributed by atoms with Crippen LogP contribution in [0.4, 0.5) is 0 Å². The lowest BCUT2D eigenvalue weighted by Gasteiger charge is -2.01. The van der Waals surface area contributed by atoms with Crippen LogP contribution in [0.25, 0.3) is 0 Å². The number of nitrogens with zero attached hydrogens (tertiary/aromatic N) is 2. The first kappa shape index (κ1) is 5.96. The summed E-state index contributed by atoms with van der Waals surface area (Å²) in [5.74, 6) is 0.706. The Bertz CT molecular complexity index is 217. The molecule has 0 N–H and O–H groups in total. The zero-order valence-corrected chi connectivity index (χ0v) is 6.41. The first-order valence-corrected chi connectivity index (χ1v) is 3.82. The van der Waals surface area contributed by atoms with Crippen LogP contribution in [0.2, 0.25) is 0 Å². The van der Waals surface area contributed by atoms with Gasteiger partial charge in [0.25, 0.3) is 0 Å². The van der Waals surface area contributed by atoms with Crippen LogP contribution >= 0.6 is 0 Å². The van der Waals surface area contributed by atoms with Gasteiger partial charge in [0.15, 0.2) is 0 Å². The third kappa shape index (κ3) is 0.618. The lowest BCUT2D eigenvalue weighted by molar-refractivity contribution is 0.511. The van der Waals surface area contributed by atoms with Crippen molar-refractivity contribution >= 4 is 0 Å². The molecule has 0 saturated carbocycles. The van der Waals surface area contributed by atoms with Gasteiger partial charge in [0, 0.05) is 17.8 Å². The molecule has 0 amide bonds. The summed E-state index contributed by atoms with van der Waals surface area (Å²) in [6.07, 6.45) is 3.14. The molecule has 0 radical (unpaired) electrons. The summed E-state index contributed by atoms with van der Waals surface area (Å²) in [5.41, 5.74) is 1.40. The van der Waals surface area contributed by atoms with E-state index in [-0.39, 0.29) is 0 Å². The first-order chi connectivity index (χ1) is 4.79. The Morgan fingerprint density at radius 3 is 3.10 bits per heavy atom. The topological polar surface area (TPSA) is 17.8 Å². The molecule has 1 aromatic rings. The summed E-state index contributed by atoms with van der Waals surface area (Å²) in [4.78, 5) is 0. The lowest BCUT2D eigenvalue weighted by atomic mass is 10.1. The van der Waals surface area contributed by atoms with Crippen molar-refractivity contribution in [2.75, 3.05) is 0 Å². The van der Waals surface area contributed by atoms with Crippen LogP contribution in [0.15, 0.2) is 12.3 Å². The average molecular weight is 136 g/mol. The highest BCUT2D eigenvalue weighted by Crippen LogP contribution is 2.33. The number of hydrogen-bond acceptors (Lipinski definition) is 1. The van der Waals surface area contributed by atoms with E-state index in [4.69, 9.17) is 0 Å². The minimum Gasteiger partial charge on any atom is -0.267 e. The molecule has 1 aliphatic rings. The third-order valence-electron chi connectivity index (χ3n) is 2.32. The second-order valence-electron chi connectivity index (χ2n) is 3.19. The van der Waals surface area contributed by atoms with Crippen LogP contribution in [0, 0.1) is 0 Å². The van der Waals surface area contributed by atoms with Crippen LogP contribution in [0.1, 0.15) is 37.9 Å². The number of aromatic nitrogens is 2. The molecule has 2 rings (SSSR count). The van der Waals surface area contributed by atoms with Crippen LogP contribution in [0.3, 0.4) is 0 Å². The summed E-state index contributed by atoms with van der Waals surface area (Å²) in [6, 6.07) is 2.73. The van der Waals surface area contributed by atoms with Gasteiger partial charge in [-0.3, -0.25) is 4.68 Å². The molecule has 2 heteroatoms. The Morgan fingerprint density at radius 2 is 2.40 bits per heavy atom. The van der Waals surface area contributed by atoms with Gasteiger partial charge in [-0.15, -0.1) is 0 Å². The van der Waals surface area contributed by atoms with Crippen molar-refractivity contribution in [3.8, 4) is 0 Å². The van der Waals surface area contributed by atoms with Crippen molar-refractivity contribution in [3.63, 3.8) is 0 Å². The molecule has 0 fully saturated rings. The summed E-state index contributed by atoms with van der Waals surface area (Å²) < 4.78 is 2.13. The smallest absolute Gasteiger partial charge is 0.0500 e. The molecule has 0 aliphatic carbocycles. The molecule has 54 valence electrons. The summed E-state index contributed by atoms with van der Waals surface area (Å²) >= 11 is 0. The highest BCUT2D eigenvalue weighted by atomic mass is 15.3. The van der Waals surface area contributed by atoms with Crippen LogP contribution in [-0.2, 0) is 0 Å². The minimum atomic E-state index is 0.611. The van der Waals surface area contributed by atoms with Crippen molar-refractivity contribution in [2.45, 2.75) is 32.2 Å². The van der Waals surface area contributed by atoms with Crippen LogP contribution < -0.4 is 0 Å². The Labute approximate surface area is 60.9 Å². The van der Waals surface area contributed by atoms with E-state index in [1.54, 1.807) is 0 Å². The monoisotopic (exact) mass is 136 g/mol. The van der Waals surface area contributed by atoms with Crippen LogP contribution in [0.5, 0.6) is 0 Å². The van der Waals surface area contributed by atoms with Gasteiger partial charge in [-0.05, 0) is 19.4 Å². The van der Waals surface area contributed by atoms with E-state index >= 15 is 0 Å². The van der Waals surface area contributed by atoms with E-state index < -0.39 is 0 Å². The van der Waals surface area contributed by atoms with Gasteiger partial charge in [0.1, 0.15) is 0 Å². The van der Waals surface area contributed by atoms with Gasteiger partial charge in [-0.25, -0.2) is 0 Å². The average Bonchev–Trinajstić information content (AvgIpc) is 2.39. The van der Waals surface area contributed by atoms with Crippen molar-refractivity contribution in [1.82, 2.24) is 9.78 Å². The van der Waals surface area contributed by atoms with E-state index in [1.807, 2.05) is 6.20 Å². The molecular formula is C8H12N2. The highest BCUT2D eigenvalue weighted by Gasteiger charge is 2.24. The van der Waals surface area contributed by atoms with Gasteiger partial charge in [-0.1, -0.05) is 6.92 Å². The van der Waals surface area contributed by atoms with E-state index in [1.165, 1.54) is 12.1 Å². The molecule has 2 atom stereocenters. The fourth-order valence-electron chi connectivity index (χ4n) is 1.82. The van der Waals surface area contributed by atoms with Gasteiger partial charge in [0.05, 0.1) is 6.04 Å². The Morgan fingerprint density at radius 1 is 1.60 bits per heavy atom. The van der Waals surface area contributed by atoms with Gasteiger partial charge >= 0.3 is 0 Å². The molecule has 10 heavy (non-hydrogen) atoms. The molecule has 0 bridgehead atoms. The second kappa shape index (κ2) is 1.84. The van der Waals surface area contributed by atoms with E-state index in [0.29, 0.717) is 12.0 Å². The van der Waals surface area contributed by atoms with E-state index in [2.05, 4.69) is 29.7 Å². The lowest BCUT2D eigenvalue weighted by Crippen LogP contribution is -1.99. The Kier molecular flexibility index (Phi) is 1.10. The first-order valence-electron chi connectivity index (χ1n) is 3.82. The summed E-state index contributed by atoms with van der Waals surface area (Å²) in [6.45, 7) is 4.48. The minimum absolute atomic E-state index is 0.611. The molecule has 0 saturated heterocycles. The largest absolute Gasteiger partial charge is 0.267 e. The molecule has 1 aromatic heterocycles. The fraction of sp³-hybridized carbons (Fsp3) is 0.625. The predicted molar refractivity (Wildman–Crippen MR) is 40.0 cm³/mol. The Hall–Kier alpha value is -0.790. The zero-order valence-electron chi connectivity index (χ0n) is 6.41. The number of hydrogen-bond donors (Lipinski definition) is 0. The summed E-state index contributed by atoms with van der Waals surface area (Å²) in [7, 11) is 0. The van der Waals surface area contributed by atoms with E-state index in [0.717, 1.165) is 0 Å². The number of rotatable bonds is 0. The Balaban J connectivity index is 2.48. The van der Waals surface area contributed by atoms with Crippen molar-refractivity contribution in [1.29, 1.82) is 0 Å². The quantitative estimate of drug-likeness (QED) is 0.533. The third-order valence-corrected chi connectivity index (χ3v) is 2.32. The number of fused-ring (bicyclic) bond motifs is 1. The molecule has 0 unspecified atom stereocenters.